The molecule has 2 saturated carbocycles. The van der Waals surface area contributed by atoms with E-state index in [0.717, 1.165) is 24.7 Å². The van der Waals surface area contributed by atoms with Crippen LogP contribution in [0.1, 0.15) is 57.6 Å². The van der Waals surface area contributed by atoms with E-state index >= 15 is 0 Å². The van der Waals surface area contributed by atoms with Gasteiger partial charge in [0.25, 0.3) is 0 Å². The number of guanidine groups is 1. The Morgan fingerprint density at radius 2 is 1.96 bits per heavy atom. The minimum absolute atomic E-state index is 0. The van der Waals surface area contributed by atoms with Crippen LogP contribution in [0.15, 0.2) is 29.3 Å². The van der Waals surface area contributed by atoms with Gasteiger partial charge in [-0.05, 0) is 39.2 Å². The van der Waals surface area contributed by atoms with Gasteiger partial charge < -0.3 is 20.1 Å². The van der Waals surface area contributed by atoms with Gasteiger partial charge in [-0.25, -0.2) is 0 Å². The van der Waals surface area contributed by atoms with E-state index in [4.69, 9.17) is 9.47 Å². The summed E-state index contributed by atoms with van der Waals surface area (Å²) < 4.78 is 12.2. The van der Waals surface area contributed by atoms with Crippen molar-refractivity contribution in [1.29, 1.82) is 0 Å². The largest absolute Gasteiger partial charge is 0.487 e. The van der Waals surface area contributed by atoms with Crippen molar-refractivity contribution >= 4 is 29.9 Å². The zero-order valence-electron chi connectivity index (χ0n) is 17.0. The van der Waals surface area contributed by atoms with Crippen molar-refractivity contribution in [1.82, 2.24) is 10.6 Å². The second-order valence-electron chi connectivity index (χ2n) is 9.33. The third kappa shape index (κ3) is 3.11. The molecule has 5 nitrogen and oxygen atoms in total. The zero-order valence-corrected chi connectivity index (χ0v) is 19.4. The molecule has 3 fully saturated rings. The van der Waals surface area contributed by atoms with Crippen LogP contribution in [0.5, 0.6) is 5.75 Å². The third-order valence-corrected chi connectivity index (χ3v) is 7.24. The monoisotopic (exact) mass is 497 g/mol. The van der Waals surface area contributed by atoms with Gasteiger partial charge in [0.2, 0.25) is 0 Å². The van der Waals surface area contributed by atoms with Crippen molar-refractivity contribution in [2.45, 2.75) is 69.7 Å². The van der Waals surface area contributed by atoms with Crippen molar-refractivity contribution < 1.29 is 9.47 Å². The second kappa shape index (κ2) is 7.35. The smallest absolute Gasteiger partial charge is 0.191 e. The van der Waals surface area contributed by atoms with Crippen LogP contribution in [0.4, 0.5) is 0 Å². The van der Waals surface area contributed by atoms with E-state index in [2.05, 4.69) is 47.7 Å². The fraction of sp³-hybridized carbons (Fsp3) is 0.682. The molecule has 2 N–H and O–H groups in total. The summed E-state index contributed by atoms with van der Waals surface area (Å²) in [5.74, 6) is 2.53. The number of para-hydroxylation sites is 1. The van der Waals surface area contributed by atoms with Crippen molar-refractivity contribution in [3.05, 3.63) is 29.8 Å². The number of hydrogen-bond donors (Lipinski definition) is 2. The predicted octanol–water partition coefficient (Wildman–Crippen LogP) is 4.03. The molecule has 6 heteroatoms. The highest BCUT2D eigenvalue weighted by Gasteiger charge is 2.66. The molecule has 5 rings (SSSR count). The molecular weight excluding hydrogens is 465 g/mol. The summed E-state index contributed by atoms with van der Waals surface area (Å²) in [6.45, 7) is 5.23. The maximum atomic E-state index is 6.18. The third-order valence-electron chi connectivity index (χ3n) is 7.24. The van der Waals surface area contributed by atoms with Gasteiger partial charge in [0, 0.05) is 43.0 Å². The highest BCUT2D eigenvalue weighted by atomic mass is 127. The van der Waals surface area contributed by atoms with E-state index in [0.29, 0.717) is 23.5 Å². The number of halogens is 1. The van der Waals surface area contributed by atoms with Crippen LogP contribution in [0.2, 0.25) is 0 Å². The fourth-order valence-electron chi connectivity index (χ4n) is 5.87. The first-order valence-corrected chi connectivity index (χ1v) is 10.4. The Balaban J connectivity index is 0.00000192. The summed E-state index contributed by atoms with van der Waals surface area (Å²) in [6.07, 6.45) is 6.47. The first kappa shape index (κ1) is 20.3. The Bertz CT molecular complexity index is 762. The molecule has 1 spiro atoms. The number of benzene rings is 1. The molecule has 28 heavy (non-hydrogen) atoms. The van der Waals surface area contributed by atoms with Gasteiger partial charge in [-0.1, -0.05) is 24.6 Å². The second-order valence-corrected chi connectivity index (χ2v) is 9.33. The average molecular weight is 497 g/mol. The molecule has 2 heterocycles. The van der Waals surface area contributed by atoms with Gasteiger partial charge in [-0.2, -0.15) is 0 Å². The molecule has 1 aromatic rings. The van der Waals surface area contributed by atoms with Crippen LogP contribution in [0.3, 0.4) is 0 Å². The number of nitrogens with one attached hydrogen (secondary N) is 2. The molecule has 0 radical (unpaired) electrons. The Labute approximate surface area is 185 Å². The van der Waals surface area contributed by atoms with E-state index in [1.807, 2.05) is 13.1 Å². The molecule has 0 aromatic heterocycles. The highest BCUT2D eigenvalue weighted by molar-refractivity contribution is 14.0. The van der Waals surface area contributed by atoms with E-state index in [1.165, 1.54) is 31.2 Å². The van der Waals surface area contributed by atoms with Crippen LogP contribution < -0.4 is 15.4 Å². The van der Waals surface area contributed by atoms with Gasteiger partial charge in [-0.15, -0.1) is 24.0 Å². The lowest BCUT2D eigenvalue weighted by Crippen LogP contribution is -2.72. The number of aliphatic imine (C=N–C) groups is 1. The minimum Gasteiger partial charge on any atom is -0.487 e. The standard InChI is InChI=1S/C22H31N3O2.HI/c1-21(2)13-16(14-7-4-5-8-17(14)27-21)24-20(23-3)25-18-15-9-12-26-19(15)22(18)10-6-11-22;/h4-5,7-8,15-16,18-19H,6,9-13H2,1-3H3,(H2,23,24,25);1H. The minimum atomic E-state index is -0.194. The maximum Gasteiger partial charge on any atom is 0.191 e. The summed E-state index contributed by atoms with van der Waals surface area (Å²) in [5, 5.41) is 7.49. The zero-order chi connectivity index (χ0) is 18.6. The van der Waals surface area contributed by atoms with Crippen LogP contribution in [0, 0.1) is 11.3 Å². The first-order valence-electron chi connectivity index (χ1n) is 10.4. The quantitative estimate of drug-likeness (QED) is 0.368. The molecule has 154 valence electrons. The predicted molar refractivity (Wildman–Crippen MR) is 121 cm³/mol. The average Bonchev–Trinajstić information content (AvgIpc) is 3.01. The molecule has 0 bridgehead atoms. The van der Waals surface area contributed by atoms with Gasteiger partial charge in [0.05, 0.1) is 12.1 Å². The summed E-state index contributed by atoms with van der Waals surface area (Å²) in [5.41, 5.74) is 1.38. The lowest BCUT2D eigenvalue weighted by atomic mass is 9.46. The summed E-state index contributed by atoms with van der Waals surface area (Å²) >= 11 is 0. The van der Waals surface area contributed by atoms with Crippen molar-refractivity contribution in [2.24, 2.45) is 16.3 Å². The van der Waals surface area contributed by atoms with E-state index in [-0.39, 0.29) is 35.6 Å². The van der Waals surface area contributed by atoms with Crippen LogP contribution in [-0.4, -0.2) is 37.4 Å². The Morgan fingerprint density at radius 1 is 1.18 bits per heavy atom. The maximum absolute atomic E-state index is 6.18. The fourth-order valence-corrected chi connectivity index (χ4v) is 5.87. The van der Waals surface area contributed by atoms with Crippen molar-refractivity contribution in [3.8, 4) is 5.75 Å². The van der Waals surface area contributed by atoms with Gasteiger partial charge in [-0.3, -0.25) is 4.99 Å². The molecule has 4 unspecified atom stereocenters. The summed E-state index contributed by atoms with van der Waals surface area (Å²) in [4.78, 5) is 4.58. The number of ether oxygens (including phenoxy) is 2. The Morgan fingerprint density at radius 3 is 2.68 bits per heavy atom. The molecule has 0 amide bonds. The van der Waals surface area contributed by atoms with Crippen LogP contribution >= 0.6 is 24.0 Å². The first-order chi connectivity index (χ1) is 13.0. The lowest BCUT2D eigenvalue weighted by Gasteiger charge is -2.63. The van der Waals surface area contributed by atoms with Gasteiger partial charge in [0.1, 0.15) is 11.4 Å². The van der Waals surface area contributed by atoms with Crippen molar-refractivity contribution in [2.75, 3.05) is 13.7 Å². The molecule has 4 atom stereocenters. The van der Waals surface area contributed by atoms with E-state index in [9.17, 15) is 0 Å². The number of rotatable bonds is 2. The molecule has 4 aliphatic rings. The topological polar surface area (TPSA) is 54.9 Å². The number of fused-ring (bicyclic) bond motifs is 3. The molecular formula is C22H32IN3O2. The molecule has 1 aromatic carbocycles. The Kier molecular flexibility index (Phi) is 5.31. The summed E-state index contributed by atoms with van der Waals surface area (Å²) in [7, 11) is 1.88. The number of hydrogen-bond acceptors (Lipinski definition) is 3. The normalized spacial score (nSPS) is 34.0. The Hall–Kier alpha value is -1.02. The lowest BCUT2D eigenvalue weighted by molar-refractivity contribution is -0.171. The van der Waals surface area contributed by atoms with Gasteiger partial charge in [0.15, 0.2) is 5.96 Å². The van der Waals surface area contributed by atoms with E-state index < -0.39 is 0 Å². The van der Waals surface area contributed by atoms with Crippen LogP contribution in [0.25, 0.3) is 0 Å². The molecule has 2 aliphatic heterocycles. The van der Waals surface area contributed by atoms with Crippen LogP contribution in [-0.2, 0) is 4.74 Å². The van der Waals surface area contributed by atoms with E-state index in [1.54, 1.807) is 0 Å². The number of nitrogens with zero attached hydrogens (tertiary/aromatic N) is 1. The van der Waals surface area contributed by atoms with Crippen molar-refractivity contribution in [3.63, 3.8) is 0 Å². The molecule has 1 saturated heterocycles. The highest BCUT2D eigenvalue weighted by Crippen LogP contribution is 2.62. The SMILES string of the molecule is CN=C(NC1CC(C)(C)Oc2ccccc21)NC1C2CCOC2C12CCC2.I. The molecule has 2 aliphatic carbocycles. The summed E-state index contributed by atoms with van der Waals surface area (Å²) in [6, 6.07) is 9.04. The van der Waals surface area contributed by atoms with Gasteiger partial charge >= 0.3 is 0 Å².